The summed E-state index contributed by atoms with van der Waals surface area (Å²) < 4.78 is 24.7. The van der Waals surface area contributed by atoms with Gasteiger partial charge in [0.1, 0.15) is 5.82 Å². The van der Waals surface area contributed by atoms with E-state index in [1.165, 1.54) is 6.07 Å². The lowest BCUT2D eigenvalue weighted by atomic mass is 9.82. The lowest BCUT2D eigenvalue weighted by molar-refractivity contribution is -0.111. The van der Waals surface area contributed by atoms with Gasteiger partial charge in [0, 0.05) is 33.2 Å². The summed E-state index contributed by atoms with van der Waals surface area (Å²) in [5.41, 5.74) is 0.618. The fourth-order valence-electron chi connectivity index (χ4n) is 2.83. The lowest BCUT2D eigenvalue weighted by Gasteiger charge is -2.42. The molecule has 1 fully saturated rings. The number of halogens is 1. The number of ether oxygens (including phenoxy) is 2. The first-order chi connectivity index (χ1) is 9.22. The Morgan fingerprint density at radius 1 is 1.42 bits per heavy atom. The van der Waals surface area contributed by atoms with Crippen molar-refractivity contribution in [2.45, 2.75) is 31.4 Å². The number of likely N-dealkylation sites (N-methyl/N-ethyl adjacent to an activating group) is 1. The molecule has 1 atom stereocenters. The highest BCUT2D eigenvalue weighted by Gasteiger charge is 2.41. The molecule has 106 valence electrons. The molecule has 1 aromatic carbocycles. The van der Waals surface area contributed by atoms with Crippen molar-refractivity contribution in [3.8, 4) is 0 Å². The van der Waals surface area contributed by atoms with Crippen LogP contribution in [0.5, 0.6) is 0 Å². The van der Waals surface area contributed by atoms with Crippen LogP contribution < -0.4 is 5.32 Å². The standard InChI is InChI=1S/C15H22FNO2/c1-3-17-14(12-5-4-6-13(16)11-12)15(18-2)7-9-19-10-8-15/h4-6,11,14,17H,3,7-10H2,1-2H3. The minimum absolute atomic E-state index is 0.0119. The molecule has 0 radical (unpaired) electrons. The molecule has 1 unspecified atom stereocenters. The van der Waals surface area contributed by atoms with Gasteiger partial charge in [-0.15, -0.1) is 0 Å². The highest BCUT2D eigenvalue weighted by molar-refractivity contribution is 5.24. The number of hydrogen-bond acceptors (Lipinski definition) is 3. The Bertz CT molecular complexity index is 405. The fraction of sp³-hybridized carbons (Fsp3) is 0.600. The van der Waals surface area contributed by atoms with E-state index in [0.717, 1.165) is 24.9 Å². The van der Waals surface area contributed by atoms with E-state index in [9.17, 15) is 4.39 Å². The van der Waals surface area contributed by atoms with Crippen molar-refractivity contribution in [1.29, 1.82) is 0 Å². The number of rotatable bonds is 5. The Morgan fingerprint density at radius 2 is 2.16 bits per heavy atom. The van der Waals surface area contributed by atoms with Gasteiger partial charge in [-0.1, -0.05) is 19.1 Å². The van der Waals surface area contributed by atoms with Gasteiger partial charge in [-0.25, -0.2) is 4.39 Å². The molecule has 4 heteroatoms. The molecule has 0 aliphatic carbocycles. The maximum Gasteiger partial charge on any atom is 0.123 e. The molecule has 1 aliphatic heterocycles. The Labute approximate surface area is 114 Å². The molecule has 1 saturated heterocycles. The van der Waals surface area contributed by atoms with Gasteiger partial charge in [0.2, 0.25) is 0 Å². The fourth-order valence-corrected chi connectivity index (χ4v) is 2.83. The van der Waals surface area contributed by atoms with E-state index in [2.05, 4.69) is 12.2 Å². The lowest BCUT2D eigenvalue weighted by Crippen LogP contribution is -2.49. The topological polar surface area (TPSA) is 30.5 Å². The maximum atomic E-state index is 13.5. The SMILES string of the molecule is CCNC(c1cccc(F)c1)C1(OC)CCOCC1. The van der Waals surface area contributed by atoms with Crippen molar-refractivity contribution in [1.82, 2.24) is 5.32 Å². The summed E-state index contributed by atoms with van der Waals surface area (Å²) in [5, 5.41) is 3.44. The quantitative estimate of drug-likeness (QED) is 0.889. The molecule has 0 spiro atoms. The maximum absolute atomic E-state index is 13.5. The van der Waals surface area contributed by atoms with Crippen LogP contribution in [0.15, 0.2) is 24.3 Å². The predicted molar refractivity (Wildman–Crippen MR) is 72.6 cm³/mol. The monoisotopic (exact) mass is 267 g/mol. The summed E-state index contributed by atoms with van der Waals surface area (Å²) in [6.45, 7) is 4.23. The molecule has 19 heavy (non-hydrogen) atoms. The molecular formula is C15H22FNO2. The Kier molecular flexibility index (Phi) is 4.91. The van der Waals surface area contributed by atoms with Crippen LogP contribution in [0.2, 0.25) is 0 Å². The van der Waals surface area contributed by atoms with Crippen LogP contribution in [0.3, 0.4) is 0 Å². The summed E-state index contributed by atoms with van der Waals surface area (Å²) in [4.78, 5) is 0. The van der Waals surface area contributed by atoms with Gasteiger partial charge in [-0.05, 0) is 24.2 Å². The van der Waals surface area contributed by atoms with Gasteiger partial charge in [0.15, 0.2) is 0 Å². The molecule has 0 aromatic heterocycles. The van der Waals surface area contributed by atoms with E-state index in [-0.39, 0.29) is 17.5 Å². The third kappa shape index (κ3) is 3.14. The Balaban J connectivity index is 2.32. The molecule has 3 nitrogen and oxygen atoms in total. The third-order valence-electron chi connectivity index (χ3n) is 3.86. The van der Waals surface area contributed by atoms with Crippen LogP contribution in [0.25, 0.3) is 0 Å². The minimum Gasteiger partial charge on any atom is -0.381 e. The number of nitrogens with one attached hydrogen (secondary N) is 1. The predicted octanol–water partition coefficient (Wildman–Crippen LogP) is 2.67. The third-order valence-corrected chi connectivity index (χ3v) is 3.86. The zero-order chi connectivity index (χ0) is 13.7. The van der Waals surface area contributed by atoms with Gasteiger partial charge in [0.25, 0.3) is 0 Å². The van der Waals surface area contributed by atoms with Crippen molar-refractivity contribution in [2.24, 2.45) is 0 Å². The van der Waals surface area contributed by atoms with E-state index >= 15 is 0 Å². The first-order valence-corrected chi connectivity index (χ1v) is 6.83. The molecule has 0 saturated carbocycles. The van der Waals surface area contributed by atoms with Crippen LogP contribution in [0.4, 0.5) is 4.39 Å². The van der Waals surface area contributed by atoms with Gasteiger partial charge in [-0.3, -0.25) is 0 Å². The molecule has 2 rings (SSSR count). The Morgan fingerprint density at radius 3 is 2.74 bits per heavy atom. The molecule has 1 heterocycles. The second kappa shape index (κ2) is 6.46. The average molecular weight is 267 g/mol. The highest BCUT2D eigenvalue weighted by atomic mass is 19.1. The Hall–Kier alpha value is -0.970. The van der Waals surface area contributed by atoms with Gasteiger partial charge < -0.3 is 14.8 Å². The molecule has 0 bridgehead atoms. The van der Waals surface area contributed by atoms with Crippen LogP contribution in [0, 0.1) is 5.82 Å². The van der Waals surface area contributed by atoms with Crippen molar-refractivity contribution in [3.05, 3.63) is 35.6 Å². The normalized spacial score (nSPS) is 20.2. The zero-order valence-corrected chi connectivity index (χ0v) is 11.6. The number of methoxy groups -OCH3 is 1. The average Bonchev–Trinajstić information content (AvgIpc) is 2.45. The van der Waals surface area contributed by atoms with E-state index in [1.807, 2.05) is 6.07 Å². The minimum atomic E-state index is -0.317. The van der Waals surface area contributed by atoms with Crippen molar-refractivity contribution in [2.75, 3.05) is 26.9 Å². The molecule has 0 amide bonds. The van der Waals surface area contributed by atoms with Crippen LogP contribution in [-0.2, 0) is 9.47 Å². The van der Waals surface area contributed by atoms with Gasteiger partial charge in [-0.2, -0.15) is 0 Å². The van der Waals surface area contributed by atoms with Crippen LogP contribution in [-0.4, -0.2) is 32.5 Å². The van der Waals surface area contributed by atoms with Crippen molar-refractivity contribution >= 4 is 0 Å². The van der Waals surface area contributed by atoms with Gasteiger partial charge >= 0.3 is 0 Å². The van der Waals surface area contributed by atoms with Crippen LogP contribution in [0.1, 0.15) is 31.4 Å². The van der Waals surface area contributed by atoms with Crippen molar-refractivity contribution < 1.29 is 13.9 Å². The van der Waals surface area contributed by atoms with E-state index in [1.54, 1.807) is 19.2 Å². The summed E-state index contributed by atoms with van der Waals surface area (Å²) in [6, 6.07) is 6.74. The van der Waals surface area contributed by atoms with Gasteiger partial charge in [0.05, 0.1) is 11.6 Å². The van der Waals surface area contributed by atoms with E-state index in [4.69, 9.17) is 9.47 Å². The summed E-state index contributed by atoms with van der Waals surface area (Å²) >= 11 is 0. The van der Waals surface area contributed by atoms with E-state index < -0.39 is 0 Å². The smallest absolute Gasteiger partial charge is 0.123 e. The van der Waals surface area contributed by atoms with Crippen LogP contribution >= 0.6 is 0 Å². The highest BCUT2D eigenvalue weighted by Crippen LogP contribution is 2.37. The number of hydrogen-bond donors (Lipinski definition) is 1. The zero-order valence-electron chi connectivity index (χ0n) is 11.6. The van der Waals surface area contributed by atoms with E-state index in [0.29, 0.717) is 13.2 Å². The second-order valence-corrected chi connectivity index (χ2v) is 4.93. The van der Waals surface area contributed by atoms with Crippen molar-refractivity contribution in [3.63, 3.8) is 0 Å². The summed E-state index contributed by atoms with van der Waals surface area (Å²) in [6.07, 6.45) is 1.63. The summed E-state index contributed by atoms with van der Waals surface area (Å²) in [5.74, 6) is -0.210. The summed E-state index contributed by atoms with van der Waals surface area (Å²) in [7, 11) is 1.73. The largest absolute Gasteiger partial charge is 0.381 e. The molecule has 1 N–H and O–H groups in total. The molecule has 1 aliphatic rings. The first kappa shape index (κ1) is 14.4. The molecule has 1 aromatic rings. The number of benzene rings is 1. The second-order valence-electron chi connectivity index (χ2n) is 4.93. The first-order valence-electron chi connectivity index (χ1n) is 6.83. The molecular weight excluding hydrogens is 245 g/mol.